The van der Waals surface area contributed by atoms with Crippen LogP contribution in [0.25, 0.3) is 0 Å². The van der Waals surface area contributed by atoms with Crippen LogP contribution in [-0.2, 0) is 9.53 Å². The molecule has 0 radical (unpaired) electrons. The fraction of sp³-hybridized carbons (Fsp3) is 0. The second-order valence-electron chi connectivity index (χ2n) is 1.07. The average molecular weight is 164 g/mol. The fourth-order valence-corrected chi connectivity index (χ4v) is 0.259. The van der Waals surface area contributed by atoms with E-state index in [9.17, 15) is 4.79 Å². The van der Waals surface area contributed by atoms with Crippen LogP contribution in [0.5, 0.6) is 0 Å². The average Bonchev–Trinajstić information content (AvgIpc) is 1.63. The molecule has 4 N–H and O–H groups in total. The van der Waals surface area contributed by atoms with Gasteiger partial charge < -0.3 is 16.2 Å². The summed E-state index contributed by atoms with van der Waals surface area (Å²) in [6.45, 7) is 0. The highest BCUT2D eigenvalue weighted by Crippen LogP contribution is 1.77. The number of hydrogen-bond donors (Lipinski definition) is 2. The van der Waals surface area contributed by atoms with Crippen molar-refractivity contribution in [2.24, 2.45) is 11.5 Å². The Balaban J connectivity index is 3.79. The number of carbonyl (C=O) groups is 1. The molecule has 0 rings (SSSR count). The van der Waals surface area contributed by atoms with E-state index >= 15 is 0 Å². The Kier molecular flexibility index (Phi) is 3.03. The first-order valence-corrected chi connectivity index (χ1v) is 2.66. The molecule has 0 aromatic carbocycles. The van der Waals surface area contributed by atoms with E-state index in [0.29, 0.717) is 0 Å². The molecule has 50 valence electrons. The third-order valence-corrected chi connectivity index (χ3v) is 0.644. The van der Waals surface area contributed by atoms with E-state index in [1.807, 2.05) is 0 Å². The third-order valence-electron chi connectivity index (χ3n) is 0.394. The molecule has 0 aliphatic heterocycles. The van der Waals surface area contributed by atoms with E-state index in [0.717, 1.165) is 0 Å². The van der Waals surface area contributed by atoms with Crippen molar-refractivity contribution in [3.05, 3.63) is 0 Å². The highest BCUT2D eigenvalue weighted by Gasteiger charge is 2.05. The highest BCUT2D eigenvalue weighted by atomic mass is 32.1. The van der Waals surface area contributed by atoms with E-state index < -0.39 is 5.97 Å². The molecule has 0 amide bonds. The van der Waals surface area contributed by atoms with Crippen LogP contribution in [0.3, 0.4) is 0 Å². The molecule has 9 heavy (non-hydrogen) atoms. The number of hydrogen-bond acceptors (Lipinski definition) is 4. The first kappa shape index (κ1) is 8.25. The van der Waals surface area contributed by atoms with Crippen LogP contribution >= 0.6 is 24.4 Å². The van der Waals surface area contributed by atoms with Gasteiger partial charge >= 0.3 is 5.97 Å². The monoisotopic (exact) mass is 164 g/mol. The molecule has 0 spiro atoms. The normalized spacial score (nSPS) is 8.00. The second-order valence-corrected chi connectivity index (χ2v) is 1.92. The molecule has 0 bridgehead atoms. The summed E-state index contributed by atoms with van der Waals surface area (Å²) in [7, 11) is 0. The molecule has 0 saturated heterocycles. The predicted molar refractivity (Wildman–Crippen MR) is 39.7 cm³/mol. The van der Waals surface area contributed by atoms with Crippen molar-refractivity contribution in [3.8, 4) is 0 Å². The van der Waals surface area contributed by atoms with E-state index in [1.54, 1.807) is 0 Å². The summed E-state index contributed by atoms with van der Waals surface area (Å²) in [4.78, 5) is 9.91. The van der Waals surface area contributed by atoms with Crippen molar-refractivity contribution in [2.45, 2.75) is 0 Å². The van der Waals surface area contributed by atoms with E-state index in [4.69, 9.17) is 11.5 Å². The molecule has 0 aromatic rings. The number of ether oxygens (including phenoxy) is 1. The Morgan fingerprint density at radius 3 is 1.89 bits per heavy atom. The van der Waals surface area contributed by atoms with E-state index in [1.165, 1.54) is 0 Å². The summed E-state index contributed by atoms with van der Waals surface area (Å²) in [6.07, 6.45) is 0. The first-order valence-electron chi connectivity index (χ1n) is 1.85. The van der Waals surface area contributed by atoms with Crippen LogP contribution in [0.15, 0.2) is 0 Å². The maximum atomic E-state index is 10.3. The van der Waals surface area contributed by atoms with Crippen molar-refractivity contribution < 1.29 is 9.53 Å². The standard InChI is InChI=1S/C3H4N2O2S2/c4-1(8)2(6)7-3(5)9/h(H2,4,8)(H2,5,9). The van der Waals surface area contributed by atoms with Crippen molar-refractivity contribution in [1.29, 1.82) is 0 Å². The minimum atomic E-state index is -0.877. The molecule has 0 fully saturated rings. The lowest BCUT2D eigenvalue weighted by Crippen LogP contribution is -2.28. The van der Waals surface area contributed by atoms with Crippen LogP contribution in [0, 0.1) is 0 Å². The zero-order valence-electron chi connectivity index (χ0n) is 4.29. The van der Waals surface area contributed by atoms with Crippen LogP contribution in [0.1, 0.15) is 0 Å². The molecular formula is C3H4N2O2S2. The highest BCUT2D eigenvalue weighted by molar-refractivity contribution is 7.82. The Morgan fingerprint density at radius 2 is 1.78 bits per heavy atom. The van der Waals surface area contributed by atoms with Crippen molar-refractivity contribution in [2.75, 3.05) is 0 Å². The zero-order chi connectivity index (χ0) is 7.44. The Hall–Kier alpha value is -0.750. The maximum absolute atomic E-state index is 10.3. The smallest absolute Gasteiger partial charge is 0.372 e. The number of thiocarbonyl (C=S) groups is 2. The molecule has 0 aromatic heterocycles. The number of nitrogens with two attached hydrogens (primary N) is 2. The molecule has 0 unspecified atom stereocenters. The van der Waals surface area contributed by atoms with Gasteiger partial charge in [0.05, 0.1) is 0 Å². The quantitative estimate of drug-likeness (QED) is 0.355. The summed E-state index contributed by atoms with van der Waals surface area (Å²) in [5.41, 5.74) is 9.63. The Labute approximate surface area is 62.1 Å². The number of esters is 1. The SMILES string of the molecule is NC(=S)OC(=O)C(N)=S. The molecule has 4 nitrogen and oxygen atoms in total. The number of carbonyl (C=O) groups excluding carboxylic acids is 1. The maximum Gasteiger partial charge on any atom is 0.372 e. The minimum Gasteiger partial charge on any atom is -0.394 e. The van der Waals surface area contributed by atoms with Crippen LogP contribution < -0.4 is 11.5 Å². The van der Waals surface area contributed by atoms with Crippen LogP contribution in [0.2, 0.25) is 0 Å². The molecule has 0 saturated carbocycles. The molecular weight excluding hydrogens is 160 g/mol. The summed E-state index contributed by atoms with van der Waals surface area (Å²) < 4.78 is 4.12. The minimum absolute atomic E-state index is 0.382. The lowest BCUT2D eigenvalue weighted by Gasteiger charge is -1.96. The summed E-state index contributed by atoms with van der Waals surface area (Å²) in [5, 5.41) is -0.382. The summed E-state index contributed by atoms with van der Waals surface area (Å²) in [6, 6.07) is 0. The Morgan fingerprint density at radius 1 is 1.33 bits per heavy atom. The summed E-state index contributed by atoms with van der Waals surface area (Å²) in [5.74, 6) is -0.877. The van der Waals surface area contributed by atoms with Gasteiger partial charge in [-0.2, -0.15) is 0 Å². The lowest BCUT2D eigenvalue weighted by molar-refractivity contribution is -0.127. The van der Waals surface area contributed by atoms with Gasteiger partial charge in [0.1, 0.15) is 0 Å². The molecule has 0 aliphatic rings. The van der Waals surface area contributed by atoms with Gasteiger partial charge in [-0.3, -0.25) is 0 Å². The largest absolute Gasteiger partial charge is 0.394 e. The van der Waals surface area contributed by atoms with Crippen molar-refractivity contribution >= 4 is 40.6 Å². The predicted octanol–water partition coefficient (Wildman–Crippen LogP) is -0.941. The van der Waals surface area contributed by atoms with Crippen molar-refractivity contribution in [3.63, 3.8) is 0 Å². The third kappa shape index (κ3) is 3.80. The van der Waals surface area contributed by atoms with Gasteiger partial charge in [0.2, 0.25) is 0 Å². The van der Waals surface area contributed by atoms with Gasteiger partial charge in [0.15, 0.2) is 4.99 Å². The molecule has 0 atom stereocenters. The van der Waals surface area contributed by atoms with Gasteiger partial charge in [0, 0.05) is 0 Å². The van der Waals surface area contributed by atoms with Gasteiger partial charge in [-0.1, -0.05) is 12.2 Å². The number of rotatable bonds is 0. The van der Waals surface area contributed by atoms with Gasteiger partial charge in [0.25, 0.3) is 5.17 Å². The molecule has 0 aliphatic carbocycles. The fourth-order valence-electron chi connectivity index (χ4n) is 0.142. The zero-order valence-corrected chi connectivity index (χ0v) is 5.92. The second kappa shape index (κ2) is 3.31. The van der Waals surface area contributed by atoms with Crippen LogP contribution in [0.4, 0.5) is 0 Å². The van der Waals surface area contributed by atoms with E-state index in [2.05, 4.69) is 29.2 Å². The van der Waals surface area contributed by atoms with Crippen molar-refractivity contribution in [1.82, 2.24) is 0 Å². The van der Waals surface area contributed by atoms with E-state index in [-0.39, 0.29) is 10.2 Å². The van der Waals surface area contributed by atoms with Gasteiger partial charge in [-0.25, -0.2) is 4.79 Å². The first-order chi connectivity index (χ1) is 4.04. The molecule has 6 heteroatoms. The Bertz CT molecular complexity index is 167. The van der Waals surface area contributed by atoms with Gasteiger partial charge in [-0.15, -0.1) is 0 Å². The molecule has 0 heterocycles. The van der Waals surface area contributed by atoms with Crippen LogP contribution in [-0.4, -0.2) is 16.1 Å². The summed E-state index contributed by atoms with van der Waals surface area (Å²) >= 11 is 8.44. The lowest BCUT2D eigenvalue weighted by atomic mass is 10.7. The topological polar surface area (TPSA) is 78.3 Å². The van der Waals surface area contributed by atoms with Gasteiger partial charge in [-0.05, 0) is 12.2 Å².